The Balaban J connectivity index is 1.18. The van der Waals surface area contributed by atoms with Crippen LogP contribution in [0.25, 0.3) is 0 Å². The van der Waals surface area contributed by atoms with Crippen molar-refractivity contribution in [3.8, 4) is 11.6 Å². The topological polar surface area (TPSA) is 104 Å². The maximum atomic E-state index is 14.3. The van der Waals surface area contributed by atoms with E-state index in [0.717, 1.165) is 65.1 Å². The van der Waals surface area contributed by atoms with E-state index in [-0.39, 0.29) is 46.7 Å². The number of halogens is 1. The molecule has 246 valence electrons. The minimum atomic E-state index is -0.514. The molecule has 0 unspecified atom stereocenters. The maximum Gasteiger partial charge on any atom is 0.410 e. The van der Waals surface area contributed by atoms with E-state index >= 15 is 0 Å². The molecule has 2 aromatic rings. The monoisotopic (exact) mass is 625 g/mol. The predicted molar refractivity (Wildman–Crippen MR) is 169 cm³/mol. The highest BCUT2D eigenvalue weighted by Crippen LogP contribution is 2.44. The van der Waals surface area contributed by atoms with E-state index in [1.54, 1.807) is 4.90 Å². The first kappa shape index (κ1) is 32.8. The van der Waals surface area contributed by atoms with Crippen molar-refractivity contribution in [2.24, 2.45) is 11.3 Å². The lowest BCUT2D eigenvalue weighted by atomic mass is 9.72. The Labute approximate surface area is 266 Å². The lowest BCUT2D eigenvalue weighted by Gasteiger charge is -2.54. The summed E-state index contributed by atoms with van der Waals surface area (Å²) < 4.78 is 26.1. The van der Waals surface area contributed by atoms with Crippen LogP contribution in [-0.4, -0.2) is 105 Å². The molecule has 45 heavy (non-hydrogen) atoms. The molecule has 1 spiro atoms. The summed E-state index contributed by atoms with van der Waals surface area (Å²) >= 11 is 0. The average molecular weight is 626 g/mol. The molecular weight excluding hydrogens is 577 g/mol. The number of hydrogen-bond donors (Lipinski definition) is 0. The first-order valence-electron chi connectivity index (χ1n) is 16.2. The Kier molecular flexibility index (Phi) is 9.53. The van der Waals surface area contributed by atoms with Crippen LogP contribution in [0, 0.1) is 17.2 Å². The fraction of sp³-hybridized carbons (Fsp3) is 0.667. The van der Waals surface area contributed by atoms with Crippen molar-refractivity contribution < 1.29 is 23.5 Å². The van der Waals surface area contributed by atoms with Gasteiger partial charge in [0.05, 0.1) is 5.56 Å². The second-order valence-electron chi connectivity index (χ2n) is 14.5. The molecule has 0 bridgehead atoms. The molecule has 3 aliphatic heterocycles. The van der Waals surface area contributed by atoms with E-state index in [0.29, 0.717) is 11.7 Å². The molecule has 3 fully saturated rings. The second-order valence-corrected chi connectivity index (χ2v) is 14.5. The Morgan fingerprint density at radius 2 is 1.78 bits per heavy atom. The van der Waals surface area contributed by atoms with Gasteiger partial charge in [-0.25, -0.2) is 14.2 Å². The van der Waals surface area contributed by atoms with Crippen LogP contribution in [0.4, 0.5) is 15.0 Å². The zero-order valence-electron chi connectivity index (χ0n) is 27.8. The molecule has 0 radical (unpaired) electrons. The number of nitrogens with zero attached hydrogens (tertiary/aromatic N) is 7. The summed E-state index contributed by atoms with van der Waals surface area (Å²) in [5, 5.41) is 8.16. The summed E-state index contributed by atoms with van der Waals surface area (Å²) in [4.78, 5) is 38.7. The average Bonchev–Trinajstić information content (AvgIpc) is 3.41. The van der Waals surface area contributed by atoms with Gasteiger partial charge in [0.1, 0.15) is 23.5 Å². The van der Waals surface area contributed by atoms with Gasteiger partial charge in [-0.05, 0) is 105 Å². The van der Waals surface area contributed by atoms with E-state index in [1.165, 1.54) is 24.5 Å². The van der Waals surface area contributed by atoms with E-state index in [1.807, 2.05) is 53.4 Å². The summed E-state index contributed by atoms with van der Waals surface area (Å²) in [7, 11) is 0. The van der Waals surface area contributed by atoms with Gasteiger partial charge in [0, 0.05) is 50.2 Å². The van der Waals surface area contributed by atoms with Crippen molar-refractivity contribution in [3.63, 3.8) is 0 Å². The zero-order valence-corrected chi connectivity index (χ0v) is 27.8. The number of hydrogen-bond acceptors (Lipinski definition) is 9. The Hall–Kier alpha value is -3.54. The number of ether oxygens (including phenoxy) is 2. The molecule has 12 heteroatoms. The van der Waals surface area contributed by atoms with Gasteiger partial charge in [0.25, 0.3) is 11.8 Å². The fourth-order valence-electron chi connectivity index (χ4n) is 6.89. The van der Waals surface area contributed by atoms with Crippen molar-refractivity contribution in [2.45, 2.75) is 85.4 Å². The third kappa shape index (κ3) is 7.65. The van der Waals surface area contributed by atoms with Gasteiger partial charge >= 0.3 is 6.09 Å². The summed E-state index contributed by atoms with van der Waals surface area (Å²) in [6, 6.07) is 3.81. The molecule has 11 nitrogen and oxygen atoms in total. The van der Waals surface area contributed by atoms with E-state index in [4.69, 9.17) is 9.47 Å². The fourth-order valence-corrected chi connectivity index (χ4v) is 6.89. The van der Waals surface area contributed by atoms with Gasteiger partial charge in [0.2, 0.25) is 0 Å². The minimum Gasteiger partial charge on any atom is -0.444 e. The first-order chi connectivity index (χ1) is 21.2. The number of rotatable bonds is 8. The largest absolute Gasteiger partial charge is 0.444 e. The third-order valence-corrected chi connectivity index (χ3v) is 9.02. The van der Waals surface area contributed by atoms with Gasteiger partial charge in [0.15, 0.2) is 5.82 Å². The SMILES string of the molecule is CC(C)N(C(=O)c1cc(F)ccc1Oc1nncnc1N1CC2(CCN(C[C@@H]3CCN(C(=O)OC(C)(C)C)C3)CC2)C1)C(C)C. The maximum absolute atomic E-state index is 14.3. The van der Waals surface area contributed by atoms with E-state index in [2.05, 4.69) is 25.0 Å². The quantitative estimate of drug-likeness (QED) is 0.391. The lowest BCUT2D eigenvalue weighted by Crippen LogP contribution is -2.61. The molecular formula is C33H48FN7O4. The van der Waals surface area contributed by atoms with Crippen LogP contribution in [0.3, 0.4) is 0 Å². The van der Waals surface area contributed by atoms with E-state index < -0.39 is 11.4 Å². The van der Waals surface area contributed by atoms with Crippen molar-refractivity contribution in [1.29, 1.82) is 0 Å². The van der Waals surface area contributed by atoms with Crippen LogP contribution in [0.5, 0.6) is 11.6 Å². The summed E-state index contributed by atoms with van der Waals surface area (Å²) in [6.45, 7) is 19.6. The Morgan fingerprint density at radius 3 is 2.42 bits per heavy atom. The molecule has 5 rings (SSSR count). The molecule has 2 amide bonds. The van der Waals surface area contributed by atoms with Gasteiger partial charge in [-0.2, -0.15) is 0 Å². The van der Waals surface area contributed by atoms with Crippen LogP contribution in [-0.2, 0) is 4.74 Å². The highest BCUT2D eigenvalue weighted by Gasteiger charge is 2.46. The summed E-state index contributed by atoms with van der Waals surface area (Å²) in [5.41, 5.74) is -0.144. The highest BCUT2D eigenvalue weighted by molar-refractivity contribution is 5.97. The van der Waals surface area contributed by atoms with Crippen LogP contribution in [0.2, 0.25) is 0 Å². The molecule has 1 atom stereocenters. The number of aromatic nitrogens is 3. The molecule has 0 aliphatic carbocycles. The van der Waals surface area contributed by atoms with Gasteiger partial charge in [-0.3, -0.25) is 4.79 Å². The van der Waals surface area contributed by atoms with Crippen molar-refractivity contribution in [2.75, 3.05) is 50.7 Å². The number of likely N-dealkylation sites (tertiary alicyclic amines) is 2. The van der Waals surface area contributed by atoms with Gasteiger partial charge in [-0.1, -0.05) is 0 Å². The standard InChI is InChI=1S/C33H48FN7O4/c1-22(2)41(23(3)4)30(42)26-16-25(34)8-9-27(26)44-29-28(35-21-36-37-29)40-19-33(20-40)11-14-38(15-12-33)17-24-10-13-39(18-24)31(43)45-32(5,6)7/h8-9,16,21-24H,10-15,17-20H2,1-7H3/t24-/m0/s1. The normalized spacial score (nSPS) is 20.1. The predicted octanol–water partition coefficient (Wildman–Crippen LogP) is 5.22. The smallest absolute Gasteiger partial charge is 0.410 e. The van der Waals surface area contributed by atoms with Crippen LogP contribution in [0.15, 0.2) is 24.5 Å². The number of benzene rings is 1. The number of carbonyl (C=O) groups excluding carboxylic acids is 2. The second kappa shape index (κ2) is 13.1. The molecule has 0 N–H and O–H groups in total. The van der Waals surface area contributed by atoms with Crippen LogP contribution in [0.1, 0.15) is 78.1 Å². The van der Waals surface area contributed by atoms with Gasteiger partial charge < -0.3 is 29.1 Å². The zero-order chi connectivity index (χ0) is 32.5. The van der Waals surface area contributed by atoms with Gasteiger partial charge in [-0.15, -0.1) is 10.2 Å². The van der Waals surface area contributed by atoms with Crippen LogP contribution >= 0.6 is 0 Å². The molecule has 3 saturated heterocycles. The Bertz CT molecular complexity index is 1360. The Morgan fingerprint density at radius 1 is 1.09 bits per heavy atom. The van der Waals surface area contributed by atoms with Crippen molar-refractivity contribution in [3.05, 3.63) is 35.9 Å². The molecule has 0 saturated carbocycles. The summed E-state index contributed by atoms with van der Waals surface area (Å²) in [5.74, 6) is 0.627. The number of piperidine rings is 1. The number of carbonyl (C=O) groups is 2. The molecule has 1 aromatic carbocycles. The van der Waals surface area contributed by atoms with Crippen LogP contribution < -0.4 is 9.64 Å². The van der Waals surface area contributed by atoms with Crippen molar-refractivity contribution in [1.82, 2.24) is 29.9 Å². The lowest BCUT2D eigenvalue weighted by molar-refractivity contribution is 0.0279. The van der Waals surface area contributed by atoms with E-state index in [9.17, 15) is 14.0 Å². The first-order valence-corrected chi connectivity index (χ1v) is 16.2. The number of anilines is 1. The minimum absolute atomic E-state index is 0.0730. The highest BCUT2D eigenvalue weighted by atomic mass is 19.1. The molecule has 1 aromatic heterocycles. The molecule has 3 aliphatic rings. The number of amides is 2. The van der Waals surface area contributed by atoms with Crippen molar-refractivity contribution >= 4 is 17.8 Å². The molecule has 4 heterocycles. The summed E-state index contributed by atoms with van der Waals surface area (Å²) in [6.07, 6.45) is 4.35. The third-order valence-electron chi connectivity index (χ3n) is 9.02.